The van der Waals surface area contributed by atoms with Gasteiger partial charge in [0, 0.05) is 13.6 Å². The van der Waals surface area contributed by atoms with Gasteiger partial charge in [-0.3, -0.25) is 9.48 Å². The molecule has 88 valence electrons. The molecule has 2 atom stereocenters. The van der Waals surface area contributed by atoms with Crippen molar-refractivity contribution in [1.29, 1.82) is 0 Å². The Labute approximate surface area is 92.9 Å². The van der Waals surface area contributed by atoms with Crippen molar-refractivity contribution in [1.82, 2.24) is 25.4 Å². The van der Waals surface area contributed by atoms with Crippen molar-refractivity contribution in [3.05, 3.63) is 12.2 Å². The summed E-state index contributed by atoms with van der Waals surface area (Å²) in [6.07, 6.45) is 1.62. The van der Waals surface area contributed by atoms with E-state index in [2.05, 4.69) is 20.7 Å². The summed E-state index contributed by atoms with van der Waals surface area (Å²) in [5.74, 6) is 0.457. The Morgan fingerprint density at radius 1 is 1.81 bits per heavy atom. The smallest absolute Gasteiger partial charge is 0.237 e. The van der Waals surface area contributed by atoms with Crippen LogP contribution >= 0.6 is 0 Å². The largest absolute Gasteiger partial charge is 0.392 e. The van der Waals surface area contributed by atoms with Crippen molar-refractivity contribution in [2.75, 3.05) is 6.54 Å². The Hall–Kier alpha value is -1.47. The number of nitrogens with one attached hydrogen (secondary N) is 2. The monoisotopic (exact) mass is 225 g/mol. The highest BCUT2D eigenvalue weighted by molar-refractivity contribution is 5.82. The van der Waals surface area contributed by atoms with Gasteiger partial charge in [0.25, 0.3) is 0 Å². The molecule has 0 spiro atoms. The first-order chi connectivity index (χ1) is 7.65. The van der Waals surface area contributed by atoms with Gasteiger partial charge in [-0.05, 0) is 6.42 Å². The summed E-state index contributed by atoms with van der Waals surface area (Å²) in [5, 5.41) is 19.0. The molecule has 0 saturated carbocycles. The SMILES string of the molecule is Cn1cnc(CNC(=O)C2CC(O)CN2)n1. The first kappa shape index (κ1) is 11.0. The summed E-state index contributed by atoms with van der Waals surface area (Å²) in [4.78, 5) is 15.6. The van der Waals surface area contributed by atoms with Gasteiger partial charge < -0.3 is 15.7 Å². The Morgan fingerprint density at radius 3 is 3.19 bits per heavy atom. The molecular formula is C9H15N5O2. The molecule has 3 N–H and O–H groups in total. The topological polar surface area (TPSA) is 92.1 Å². The van der Waals surface area contributed by atoms with Crippen LogP contribution in [0, 0.1) is 0 Å². The molecule has 1 aromatic rings. The molecule has 2 heterocycles. The normalized spacial score (nSPS) is 24.6. The number of aryl methyl sites for hydroxylation is 1. The van der Waals surface area contributed by atoms with Crippen molar-refractivity contribution in [2.45, 2.75) is 25.1 Å². The molecule has 16 heavy (non-hydrogen) atoms. The lowest BCUT2D eigenvalue weighted by Gasteiger charge is -2.09. The fourth-order valence-electron chi connectivity index (χ4n) is 1.67. The van der Waals surface area contributed by atoms with E-state index in [1.54, 1.807) is 18.1 Å². The van der Waals surface area contributed by atoms with Crippen molar-refractivity contribution >= 4 is 5.91 Å². The first-order valence-electron chi connectivity index (χ1n) is 5.19. The van der Waals surface area contributed by atoms with E-state index in [-0.39, 0.29) is 11.9 Å². The zero-order chi connectivity index (χ0) is 11.5. The Morgan fingerprint density at radius 2 is 2.62 bits per heavy atom. The number of carbonyl (C=O) groups excluding carboxylic acids is 1. The molecule has 7 heteroatoms. The third-order valence-corrected chi connectivity index (χ3v) is 2.49. The highest BCUT2D eigenvalue weighted by Crippen LogP contribution is 2.06. The summed E-state index contributed by atoms with van der Waals surface area (Å²) in [6.45, 7) is 0.786. The second-order valence-corrected chi connectivity index (χ2v) is 3.90. The molecule has 0 aliphatic carbocycles. The molecule has 2 unspecified atom stereocenters. The van der Waals surface area contributed by atoms with E-state index >= 15 is 0 Å². The number of amides is 1. The van der Waals surface area contributed by atoms with Gasteiger partial charge in [-0.1, -0.05) is 0 Å². The second-order valence-electron chi connectivity index (χ2n) is 3.90. The standard InChI is InChI=1S/C9H15N5O2/c1-14-5-12-8(13-14)4-11-9(16)7-2-6(15)3-10-7/h5-7,10,15H,2-4H2,1H3,(H,11,16). The summed E-state index contributed by atoms with van der Waals surface area (Å²) >= 11 is 0. The number of carbonyl (C=O) groups is 1. The highest BCUT2D eigenvalue weighted by Gasteiger charge is 2.27. The lowest BCUT2D eigenvalue weighted by atomic mass is 10.2. The van der Waals surface area contributed by atoms with Gasteiger partial charge in [0.2, 0.25) is 5.91 Å². The van der Waals surface area contributed by atoms with Gasteiger partial charge in [0.05, 0.1) is 18.7 Å². The van der Waals surface area contributed by atoms with Crippen LogP contribution < -0.4 is 10.6 Å². The zero-order valence-electron chi connectivity index (χ0n) is 9.05. The average molecular weight is 225 g/mol. The van der Waals surface area contributed by atoms with Gasteiger partial charge in [-0.25, -0.2) is 4.98 Å². The maximum Gasteiger partial charge on any atom is 0.237 e. The fraction of sp³-hybridized carbons (Fsp3) is 0.667. The van der Waals surface area contributed by atoms with E-state index < -0.39 is 6.10 Å². The van der Waals surface area contributed by atoms with E-state index in [0.717, 1.165) is 0 Å². The summed E-state index contributed by atoms with van der Waals surface area (Å²) in [7, 11) is 1.77. The Kier molecular flexibility index (Phi) is 3.16. The van der Waals surface area contributed by atoms with Gasteiger partial charge in [-0.2, -0.15) is 5.10 Å². The van der Waals surface area contributed by atoms with Crippen LogP contribution in [0.25, 0.3) is 0 Å². The highest BCUT2D eigenvalue weighted by atomic mass is 16.3. The maximum atomic E-state index is 11.6. The molecule has 1 amide bonds. The van der Waals surface area contributed by atoms with E-state index in [9.17, 15) is 9.90 Å². The summed E-state index contributed by atoms with van der Waals surface area (Å²) in [5.41, 5.74) is 0. The third-order valence-electron chi connectivity index (χ3n) is 2.49. The summed E-state index contributed by atoms with van der Waals surface area (Å²) < 4.78 is 1.58. The maximum absolute atomic E-state index is 11.6. The quantitative estimate of drug-likeness (QED) is 0.562. The molecule has 1 aliphatic rings. The Balaban J connectivity index is 1.80. The number of aliphatic hydroxyl groups is 1. The van der Waals surface area contributed by atoms with Gasteiger partial charge in [-0.15, -0.1) is 0 Å². The van der Waals surface area contributed by atoms with Gasteiger partial charge in [0.15, 0.2) is 5.82 Å². The lowest BCUT2D eigenvalue weighted by Crippen LogP contribution is -2.40. The predicted molar refractivity (Wildman–Crippen MR) is 55.3 cm³/mol. The van der Waals surface area contributed by atoms with Crippen molar-refractivity contribution < 1.29 is 9.90 Å². The van der Waals surface area contributed by atoms with Crippen LogP contribution in [0.2, 0.25) is 0 Å². The van der Waals surface area contributed by atoms with Crippen LogP contribution in [0.3, 0.4) is 0 Å². The molecule has 1 aromatic heterocycles. The lowest BCUT2D eigenvalue weighted by molar-refractivity contribution is -0.123. The van der Waals surface area contributed by atoms with Crippen LogP contribution in [0.5, 0.6) is 0 Å². The third kappa shape index (κ3) is 2.56. The number of hydrogen-bond donors (Lipinski definition) is 3. The van der Waals surface area contributed by atoms with E-state index in [1.807, 2.05) is 0 Å². The van der Waals surface area contributed by atoms with Gasteiger partial charge in [0.1, 0.15) is 6.33 Å². The van der Waals surface area contributed by atoms with E-state index in [4.69, 9.17) is 0 Å². The average Bonchev–Trinajstić information content (AvgIpc) is 2.84. The predicted octanol–water partition coefficient (Wildman–Crippen LogP) is -1.85. The van der Waals surface area contributed by atoms with Crippen LogP contribution in [-0.4, -0.2) is 44.5 Å². The minimum absolute atomic E-state index is 0.121. The number of rotatable bonds is 3. The number of aromatic nitrogens is 3. The molecule has 0 aromatic carbocycles. The van der Waals surface area contributed by atoms with Crippen LogP contribution in [0.4, 0.5) is 0 Å². The molecule has 1 fully saturated rings. The minimum atomic E-state index is -0.427. The van der Waals surface area contributed by atoms with Gasteiger partial charge >= 0.3 is 0 Å². The van der Waals surface area contributed by atoms with Crippen molar-refractivity contribution in [3.8, 4) is 0 Å². The summed E-state index contributed by atoms with van der Waals surface area (Å²) in [6, 6.07) is -0.307. The molecule has 1 aliphatic heterocycles. The molecule has 7 nitrogen and oxygen atoms in total. The van der Waals surface area contributed by atoms with Crippen LogP contribution in [0.1, 0.15) is 12.2 Å². The zero-order valence-corrected chi connectivity index (χ0v) is 9.05. The number of aliphatic hydroxyl groups excluding tert-OH is 1. The minimum Gasteiger partial charge on any atom is -0.392 e. The molecule has 0 radical (unpaired) electrons. The number of β-amino-alcohol motifs (C(OH)–C–C–N with tert-alkyl or cyclic N) is 1. The van der Waals surface area contributed by atoms with Crippen molar-refractivity contribution in [2.24, 2.45) is 7.05 Å². The second kappa shape index (κ2) is 4.58. The number of hydrogen-bond acceptors (Lipinski definition) is 5. The molecule has 1 saturated heterocycles. The van der Waals surface area contributed by atoms with Crippen LogP contribution in [-0.2, 0) is 18.4 Å². The molecule has 0 bridgehead atoms. The van der Waals surface area contributed by atoms with Crippen molar-refractivity contribution in [3.63, 3.8) is 0 Å². The van der Waals surface area contributed by atoms with Crippen LogP contribution in [0.15, 0.2) is 6.33 Å². The number of nitrogens with zero attached hydrogens (tertiary/aromatic N) is 3. The fourth-order valence-corrected chi connectivity index (χ4v) is 1.67. The molecule has 2 rings (SSSR count). The Bertz CT molecular complexity index is 378. The van der Waals surface area contributed by atoms with E-state index in [0.29, 0.717) is 25.3 Å². The van der Waals surface area contributed by atoms with E-state index in [1.165, 1.54) is 0 Å². The molecular weight excluding hydrogens is 210 g/mol. The first-order valence-corrected chi connectivity index (χ1v) is 5.19.